The highest BCUT2D eigenvalue weighted by molar-refractivity contribution is 4.83. The van der Waals surface area contributed by atoms with E-state index in [4.69, 9.17) is 4.74 Å². The maximum atomic E-state index is 9.79. The van der Waals surface area contributed by atoms with Crippen molar-refractivity contribution in [2.24, 2.45) is 5.92 Å². The minimum atomic E-state index is -0.217. The summed E-state index contributed by atoms with van der Waals surface area (Å²) in [6.07, 6.45) is 2.74. The number of hydrogen-bond acceptors (Lipinski definition) is 3. The SMILES string of the molecule is CC(C)CC(O)CNC1CCOC(C)(C)C1. The Balaban J connectivity index is 2.22. The molecule has 0 spiro atoms. The summed E-state index contributed by atoms with van der Waals surface area (Å²) in [5.41, 5.74) is -0.0150. The second kappa shape index (κ2) is 5.99. The Hall–Kier alpha value is -0.120. The highest BCUT2D eigenvalue weighted by Crippen LogP contribution is 2.23. The van der Waals surface area contributed by atoms with Crippen LogP contribution >= 0.6 is 0 Å². The number of ether oxygens (including phenoxy) is 1. The third-order valence-electron chi connectivity index (χ3n) is 3.08. The normalized spacial score (nSPS) is 27.0. The molecule has 0 aliphatic carbocycles. The van der Waals surface area contributed by atoms with Crippen LogP contribution in [-0.4, -0.2) is 36.0 Å². The lowest BCUT2D eigenvalue weighted by molar-refractivity contribution is -0.0639. The molecule has 1 fully saturated rings. The van der Waals surface area contributed by atoms with Crippen molar-refractivity contribution in [3.8, 4) is 0 Å². The molecule has 0 aromatic rings. The quantitative estimate of drug-likeness (QED) is 0.757. The van der Waals surface area contributed by atoms with E-state index in [2.05, 4.69) is 33.0 Å². The minimum Gasteiger partial charge on any atom is -0.392 e. The highest BCUT2D eigenvalue weighted by Gasteiger charge is 2.28. The van der Waals surface area contributed by atoms with Gasteiger partial charge in [-0.05, 0) is 39.0 Å². The molecule has 1 aliphatic rings. The molecule has 2 unspecified atom stereocenters. The van der Waals surface area contributed by atoms with E-state index in [1.165, 1.54) is 0 Å². The number of nitrogens with one attached hydrogen (secondary N) is 1. The van der Waals surface area contributed by atoms with Gasteiger partial charge < -0.3 is 15.2 Å². The summed E-state index contributed by atoms with van der Waals surface area (Å²) >= 11 is 0. The van der Waals surface area contributed by atoms with Crippen LogP contribution in [0.3, 0.4) is 0 Å². The first-order valence-corrected chi connectivity index (χ1v) is 6.44. The molecule has 3 heteroatoms. The molecule has 1 heterocycles. The lowest BCUT2D eigenvalue weighted by Gasteiger charge is -2.36. The summed E-state index contributed by atoms with van der Waals surface area (Å²) in [6, 6.07) is 0.491. The zero-order valence-electron chi connectivity index (χ0n) is 11.1. The first-order valence-electron chi connectivity index (χ1n) is 6.44. The van der Waals surface area contributed by atoms with Gasteiger partial charge in [-0.2, -0.15) is 0 Å². The van der Waals surface area contributed by atoms with Gasteiger partial charge in [0.1, 0.15) is 0 Å². The predicted molar refractivity (Wildman–Crippen MR) is 66.5 cm³/mol. The van der Waals surface area contributed by atoms with Crippen LogP contribution in [0.4, 0.5) is 0 Å². The molecule has 0 aromatic heterocycles. The van der Waals surface area contributed by atoms with Crippen molar-refractivity contribution in [2.45, 2.75) is 64.7 Å². The lowest BCUT2D eigenvalue weighted by Crippen LogP contribution is -2.45. The predicted octanol–water partition coefficient (Wildman–Crippen LogP) is 1.94. The Kier molecular flexibility index (Phi) is 5.22. The van der Waals surface area contributed by atoms with Crippen LogP contribution < -0.4 is 5.32 Å². The number of hydrogen-bond donors (Lipinski definition) is 2. The molecule has 1 aliphatic heterocycles. The molecule has 16 heavy (non-hydrogen) atoms. The number of aliphatic hydroxyl groups excluding tert-OH is 1. The second-order valence-corrected chi connectivity index (χ2v) is 5.99. The standard InChI is InChI=1S/C13H27NO2/c1-10(2)7-12(15)9-14-11-5-6-16-13(3,4)8-11/h10-12,14-15H,5-9H2,1-4H3. The third-order valence-corrected chi connectivity index (χ3v) is 3.08. The summed E-state index contributed by atoms with van der Waals surface area (Å²) in [7, 11) is 0. The summed E-state index contributed by atoms with van der Waals surface area (Å²) < 4.78 is 5.66. The lowest BCUT2D eigenvalue weighted by atomic mass is 9.93. The summed E-state index contributed by atoms with van der Waals surface area (Å²) in [5, 5.41) is 13.2. The Bertz CT molecular complexity index is 204. The van der Waals surface area contributed by atoms with Crippen molar-refractivity contribution in [3.63, 3.8) is 0 Å². The van der Waals surface area contributed by atoms with Gasteiger partial charge >= 0.3 is 0 Å². The van der Waals surface area contributed by atoms with Gasteiger partial charge in [-0.3, -0.25) is 0 Å². The minimum absolute atomic E-state index is 0.0150. The fourth-order valence-electron chi connectivity index (χ4n) is 2.34. The Labute approximate surface area is 99.6 Å². The first kappa shape index (κ1) is 13.9. The Morgan fingerprint density at radius 1 is 1.44 bits per heavy atom. The number of rotatable bonds is 5. The van der Waals surface area contributed by atoms with Crippen molar-refractivity contribution >= 4 is 0 Å². The van der Waals surface area contributed by atoms with E-state index >= 15 is 0 Å². The van der Waals surface area contributed by atoms with E-state index in [0.29, 0.717) is 18.5 Å². The van der Waals surface area contributed by atoms with Crippen LogP contribution in [-0.2, 0) is 4.74 Å². The molecule has 0 bridgehead atoms. The van der Waals surface area contributed by atoms with Crippen LogP contribution in [0.1, 0.15) is 47.0 Å². The fraction of sp³-hybridized carbons (Fsp3) is 1.00. The van der Waals surface area contributed by atoms with Gasteiger partial charge in [0.05, 0.1) is 11.7 Å². The highest BCUT2D eigenvalue weighted by atomic mass is 16.5. The van der Waals surface area contributed by atoms with Crippen LogP contribution in [0.5, 0.6) is 0 Å². The second-order valence-electron chi connectivity index (χ2n) is 5.99. The largest absolute Gasteiger partial charge is 0.392 e. The molecule has 1 rings (SSSR count). The van der Waals surface area contributed by atoms with Crippen molar-refractivity contribution in [2.75, 3.05) is 13.2 Å². The van der Waals surface area contributed by atoms with E-state index in [-0.39, 0.29) is 11.7 Å². The van der Waals surface area contributed by atoms with E-state index in [1.807, 2.05) is 0 Å². The molecule has 2 N–H and O–H groups in total. The topological polar surface area (TPSA) is 41.5 Å². The molecule has 0 saturated carbocycles. The van der Waals surface area contributed by atoms with E-state index in [1.54, 1.807) is 0 Å². The molecule has 0 radical (unpaired) electrons. The fourth-order valence-corrected chi connectivity index (χ4v) is 2.34. The molecule has 2 atom stereocenters. The Morgan fingerprint density at radius 2 is 2.12 bits per heavy atom. The smallest absolute Gasteiger partial charge is 0.0667 e. The monoisotopic (exact) mass is 229 g/mol. The average Bonchev–Trinajstić information content (AvgIpc) is 2.12. The van der Waals surface area contributed by atoms with Crippen LogP contribution in [0, 0.1) is 5.92 Å². The zero-order chi connectivity index (χ0) is 12.2. The summed E-state index contributed by atoms with van der Waals surface area (Å²) in [5.74, 6) is 0.558. The Morgan fingerprint density at radius 3 is 2.69 bits per heavy atom. The number of aliphatic hydroxyl groups is 1. The van der Waals surface area contributed by atoms with Gasteiger partial charge in [-0.1, -0.05) is 13.8 Å². The molecule has 0 aromatic carbocycles. The van der Waals surface area contributed by atoms with E-state index < -0.39 is 0 Å². The maximum Gasteiger partial charge on any atom is 0.0667 e. The van der Waals surface area contributed by atoms with Gasteiger partial charge in [-0.25, -0.2) is 0 Å². The molecular weight excluding hydrogens is 202 g/mol. The first-order chi connectivity index (χ1) is 7.39. The molecule has 96 valence electrons. The van der Waals surface area contributed by atoms with E-state index in [0.717, 1.165) is 25.9 Å². The molecular formula is C13H27NO2. The molecule has 1 saturated heterocycles. The van der Waals surface area contributed by atoms with Crippen LogP contribution in [0.25, 0.3) is 0 Å². The summed E-state index contributed by atoms with van der Waals surface area (Å²) in [4.78, 5) is 0. The van der Waals surface area contributed by atoms with Crippen LogP contribution in [0.2, 0.25) is 0 Å². The van der Waals surface area contributed by atoms with Crippen molar-refractivity contribution in [1.29, 1.82) is 0 Å². The van der Waals surface area contributed by atoms with Gasteiger partial charge in [0.2, 0.25) is 0 Å². The van der Waals surface area contributed by atoms with Gasteiger partial charge in [0.15, 0.2) is 0 Å². The van der Waals surface area contributed by atoms with Crippen molar-refractivity contribution < 1.29 is 9.84 Å². The molecule has 3 nitrogen and oxygen atoms in total. The van der Waals surface area contributed by atoms with Crippen molar-refractivity contribution in [1.82, 2.24) is 5.32 Å². The molecule has 0 amide bonds. The zero-order valence-corrected chi connectivity index (χ0v) is 11.1. The van der Waals surface area contributed by atoms with Gasteiger partial charge in [0.25, 0.3) is 0 Å². The van der Waals surface area contributed by atoms with Crippen LogP contribution in [0.15, 0.2) is 0 Å². The van der Waals surface area contributed by atoms with Gasteiger partial charge in [0, 0.05) is 19.2 Å². The average molecular weight is 229 g/mol. The van der Waals surface area contributed by atoms with Gasteiger partial charge in [-0.15, -0.1) is 0 Å². The van der Waals surface area contributed by atoms with Crippen molar-refractivity contribution in [3.05, 3.63) is 0 Å². The van der Waals surface area contributed by atoms with E-state index in [9.17, 15) is 5.11 Å². The summed E-state index contributed by atoms with van der Waals surface area (Å²) in [6.45, 7) is 10.1. The third kappa shape index (κ3) is 5.28. The maximum absolute atomic E-state index is 9.79.